The summed E-state index contributed by atoms with van der Waals surface area (Å²) >= 11 is 0. The van der Waals surface area contributed by atoms with Crippen LogP contribution in [0.15, 0.2) is 206 Å². The third-order valence-corrected chi connectivity index (χ3v) is 10.4. The summed E-state index contributed by atoms with van der Waals surface area (Å²) in [6, 6.07) is 74.1. The fourth-order valence-corrected chi connectivity index (χ4v) is 8.03. The van der Waals surface area contributed by atoms with Gasteiger partial charge >= 0.3 is 0 Å². The predicted octanol–water partition coefficient (Wildman–Crippen LogP) is 13.7. The molecule has 0 aliphatic heterocycles. The summed E-state index contributed by atoms with van der Waals surface area (Å²) in [5, 5.41) is 4.87. The van der Waals surface area contributed by atoms with Gasteiger partial charge in [-0.3, -0.25) is 4.57 Å². The molecule has 2 heteroatoms. The van der Waals surface area contributed by atoms with Crippen LogP contribution in [0.25, 0.3) is 94.2 Å². The summed E-state index contributed by atoms with van der Waals surface area (Å²) in [6.45, 7) is 0. The van der Waals surface area contributed by atoms with Crippen LogP contribution in [0.2, 0.25) is 0 Å². The Morgan fingerprint density at radius 2 is 0.792 bits per heavy atom. The third kappa shape index (κ3) is 5.32. The summed E-state index contributed by atoms with van der Waals surface area (Å²) in [7, 11) is 0. The van der Waals surface area contributed by atoms with Crippen LogP contribution in [0, 0.1) is 0 Å². The van der Waals surface area contributed by atoms with Gasteiger partial charge in [-0.2, -0.15) is 0 Å². The van der Waals surface area contributed by atoms with Gasteiger partial charge < -0.3 is 0 Å². The van der Waals surface area contributed by atoms with E-state index in [-0.39, 0.29) is 0 Å². The van der Waals surface area contributed by atoms with Gasteiger partial charge in [-0.05, 0) is 96.4 Å². The minimum Gasteiger partial charge on any atom is -0.292 e. The highest BCUT2D eigenvalue weighted by atomic mass is 15.1. The molecule has 0 aliphatic rings. The fraction of sp³-hybridized carbons (Fsp3) is 0. The zero-order chi connectivity index (χ0) is 35.1. The van der Waals surface area contributed by atoms with Crippen molar-refractivity contribution in [3.05, 3.63) is 206 Å². The molecule has 0 amide bonds. The van der Waals surface area contributed by atoms with Crippen LogP contribution >= 0.6 is 0 Å². The van der Waals surface area contributed by atoms with Crippen molar-refractivity contribution in [2.75, 3.05) is 0 Å². The summed E-state index contributed by atoms with van der Waals surface area (Å²) < 4.78 is 2.31. The Labute approximate surface area is 308 Å². The summed E-state index contributed by atoms with van der Waals surface area (Å²) in [5.74, 6) is 0.929. The van der Waals surface area contributed by atoms with E-state index in [4.69, 9.17) is 4.98 Å². The Morgan fingerprint density at radius 1 is 0.321 bits per heavy atom. The maximum atomic E-state index is 5.17. The van der Waals surface area contributed by atoms with E-state index < -0.39 is 0 Å². The second-order valence-electron chi connectivity index (χ2n) is 13.5. The molecule has 0 saturated carbocycles. The number of imidazole rings is 1. The molecule has 0 bridgehead atoms. The Balaban J connectivity index is 1.31. The summed E-state index contributed by atoms with van der Waals surface area (Å²) in [6.07, 6.45) is 0. The van der Waals surface area contributed by atoms with Gasteiger partial charge in [-0.1, -0.05) is 176 Å². The SMILES string of the molecule is c1ccc(-c2ccccc2-c2ccc3c(-c4ccccc4)c4cc(-n5c(-c6ccccc6)nc6ccccc65)ccc4c(-c4ccccc4)c3c2)cc1. The number of rotatable bonds is 6. The average molecular weight is 675 g/mol. The molecule has 9 aromatic carbocycles. The predicted molar refractivity (Wildman–Crippen MR) is 223 cm³/mol. The van der Waals surface area contributed by atoms with E-state index in [0.29, 0.717) is 0 Å². The molecule has 0 atom stereocenters. The van der Waals surface area contributed by atoms with Crippen molar-refractivity contribution in [1.29, 1.82) is 0 Å². The van der Waals surface area contributed by atoms with Crippen molar-refractivity contribution in [2.24, 2.45) is 0 Å². The van der Waals surface area contributed by atoms with Crippen LogP contribution in [-0.2, 0) is 0 Å². The van der Waals surface area contributed by atoms with Crippen molar-refractivity contribution >= 4 is 32.6 Å². The molecule has 0 spiro atoms. The van der Waals surface area contributed by atoms with Crippen LogP contribution in [0.5, 0.6) is 0 Å². The number of nitrogens with zero attached hydrogens (tertiary/aromatic N) is 2. The lowest BCUT2D eigenvalue weighted by molar-refractivity contribution is 1.11. The van der Waals surface area contributed by atoms with E-state index in [1.165, 1.54) is 66.1 Å². The van der Waals surface area contributed by atoms with E-state index in [2.05, 4.69) is 211 Å². The van der Waals surface area contributed by atoms with Crippen LogP contribution in [-0.4, -0.2) is 9.55 Å². The molecule has 10 rings (SSSR count). The lowest BCUT2D eigenvalue weighted by Gasteiger charge is -2.20. The summed E-state index contributed by atoms with van der Waals surface area (Å²) in [4.78, 5) is 5.17. The average Bonchev–Trinajstić information content (AvgIpc) is 3.63. The minimum absolute atomic E-state index is 0.929. The fourth-order valence-electron chi connectivity index (χ4n) is 8.03. The van der Waals surface area contributed by atoms with Gasteiger partial charge in [0.05, 0.1) is 11.0 Å². The normalized spacial score (nSPS) is 11.4. The first kappa shape index (κ1) is 30.8. The molecule has 0 fully saturated rings. The molecule has 1 heterocycles. The topological polar surface area (TPSA) is 17.8 Å². The highest BCUT2D eigenvalue weighted by Gasteiger charge is 2.21. The molecule has 0 saturated heterocycles. The number of para-hydroxylation sites is 2. The van der Waals surface area contributed by atoms with Crippen molar-refractivity contribution < 1.29 is 0 Å². The first-order chi connectivity index (χ1) is 26.3. The third-order valence-electron chi connectivity index (χ3n) is 10.4. The zero-order valence-electron chi connectivity index (χ0n) is 29.0. The maximum Gasteiger partial charge on any atom is 0.145 e. The van der Waals surface area contributed by atoms with E-state index in [1.54, 1.807) is 0 Å². The monoisotopic (exact) mass is 674 g/mol. The maximum absolute atomic E-state index is 5.17. The lowest BCUT2D eigenvalue weighted by atomic mass is 9.84. The Bertz CT molecular complexity index is 2910. The highest BCUT2D eigenvalue weighted by molar-refractivity contribution is 6.22. The van der Waals surface area contributed by atoms with E-state index in [0.717, 1.165) is 28.1 Å². The molecule has 53 heavy (non-hydrogen) atoms. The Hall–Kier alpha value is -7.03. The van der Waals surface area contributed by atoms with Crippen LogP contribution in [0.3, 0.4) is 0 Å². The lowest BCUT2D eigenvalue weighted by Crippen LogP contribution is -1.99. The second-order valence-corrected chi connectivity index (χ2v) is 13.5. The number of fused-ring (bicyclic) bond motifs is 3. The molecule has 0 radical (unpaired) electrons. The smallest absolute Gasteiger partial charge is 0.145 e. The first-order valence-electron chi connectivity index (χ1n) is 18.1. The minimum atomic E-state index is 0.929. The van der Waals surface area contributed by atoms with Gasteiger partial charge in [-0.25, -0.2) is 4.98 Å². The number of aromatic nitrogens is 2. The van der Waals surface area contributed by atoms with Gasteiger partial charge in [0.25, 0.3) is 0 Å². The quantitative estimate of drug-likeness (QED) is 0.161. The number of hydrogen-bond acceptors (Lipinski definition) is 1. The van der Waals surface area contributed by atoms with E-state index in [9.17, 15) is 0 Å². The molecule has 0 N–H and O–H groups in total. The van der Waals surface area contributed by atoms with E-state index >= 15 is 0 Å². The molecular weight excluding hydrogens is 641 g/mol. The molecule has 248 valence electrons. The molecule has 0 unspecified atom stereocenters. The van der Waals surface area contributed by atoms with Crippen molar-refractivity contribution in [1.82, 2.24) is 9.55 Å². The number of benzene rings is 9. The van der Waals surface area contributed by atoms with Crippen molar-refractivity contribution in [2.45, 2.75) is 0 Å². The molecular formula is C51H34N2. The molecule has 2 nitrogen and oxygen atoms in total. The van der Waals surface area contributed by atoms with Crippen LogP contribution in [0.1, 0.15) is 0 Å². The van der Waals surface area contributed by atoms with Crippen molar-refractivity contribution in [3.8, 4) is 61.6 Å². The van der Waals surface area contributed by atoms with E-state index in [1.807, 2.05) is 0 Å². The molecule has 1 aromatic heterocycles. The second kappa shape index (κ2) is 12.9. The summed E-state index contributed by atoms with van der Waals surface area (Å²) in [5.41, 5.74) is 13.9. The van der Waals surface area contributed by atoms with Crippen LogP contribution < -0.4 is 0 Å². The largest absolute Gasteiger partial charge is 0.292 e. The Morgan fingerprint density at radius 3 is 1.42 bits per heavy atom. The zero-order valence-corrected chi connectivity index (χ0v) is 29.0. The van der Waals surface area contributed by atoms with Crippen LogP contribution in [0.4, 0.5) is 0 Å². The number of hydrogen-bond donors (Lipinski definition) is 0. The van der Waals surface area contributed by atoms with Gasteiger partial charge in [0.15, 0.2) is 0 Å². The molecule has 10 aromatic rings. The molecule has 0 aliphatic carbocycles. The Kier molecular flexibility index (Phi) is 7.51. The highest BCUT2D eigenvalue weighted by Crippen LogP contribution is 2.46. The van der Waals surface area contributed by atoms with Crippen molar-refractivity contribution in [3.63, 3.8) is 0 Å². The first-order valence-corrected chi connectivity index (χ1v) is 18.1. The van der Waals surface area contributed by atoms with Gasteiger partial charge in [0.1, 0.15) is 5.82 Å². The van der Waals surface area contributed by atoms with Gasteiger partial charge in [-0.15, -0.1) is 0 Å². The standard InChI is InChI=1S/C51H34N2/c1-5-17-35(18-6-1)41-25-13-14-26-42(41)39-29-31-43-45(33-39)49(36-19-7-2-8-20-36)44-32-30-40(34-46(44)50(43)37-21-9-3-10-22-37)53-48-28-16-15-27-47(48)52-51(53)38-23-11-4-12-24-38/h1-34H. The van der Waals surface area contributed by atoms with Gasteiger partial charge in [0, 0.05) is 11.3 Å². The van der Waals surface area contributed by atoms with Gasteiger partial charge in [0.2, 0.25) is 0 Å².